The van der Waals surface area contributed by atoms with E-state index in [-0.39, 0.29) is 0 Å². The molecule has 2 N–H and O–H groups in total. The van der Waals surface area contributed by atoms with Gasteiger partial charge in [-0.05, 0) is 56.7 Å². The molecular weight excluding hydrogens is 446 g/mol. The lowest BCUT2D eigenvalue weighted by Gasteiger charge is -2.15. The summed E-state index contributed by atoms with van der Waals surface area (Å²) < 4.78 is 7.11. The van der Waals surface area contributed by atoms with Crippen LogP contribution >= 0.6 is 11.3 Å². The summed E-state index contributed by atoms with van der Waals surface area (Å²) in [5, 5.41) is 14.2. The predicted octanol–water partition coefficient (Wildman–Crippen LogP) is 6.22. The Morgan fingerprint density at radius 1 is 1.18 bits per heavy atom. The number of aliphatic carboxylic acids is 1. The summed E-state index contributed by atoms with van der Waals surface area (Å²) in [6.07, 6.45) is 2.45. The van der Waals surface area contributed by atoms with Crippen LogP contribution in [0, 0.1) is 13.8 Å². The molecule has 0 saturated carbocycles. The molecule has 176 valence electrons. The normalized spacial score (nSPS) is 12.0. The molecule has 1 atom stereocenters. The Labute approximate surface area is 203 Å². The second kappa shape index (κ2) is 10.2. The zero-order valence-corrected chi connectivity index (χ0v) is 20.7. The molecule has 0 unspecified atom stereocenters. The molecule has 0 saturated heterocycles. The Morgan fingerprint density at radius 3 is 2.76 bits per heavy atom. The number of fused-ring (bicyclic) bond motifs is 1. The number of ether oxygens (including phenoxy) is 1. The number of anilines is 1. The van der Waals surface area contributed by atoms with E-state index >= 15 is 0 Å². The van der Waals surface area contributed by atoms with Crippen molar-refractivity contribution in [3.05, 3.63) is 70.4 Å². The van der Waals surface area contributed by atoms with Gasteiger partial charge in [0.2, 0.25) is 0 Å². The molecule has 0 aliphatic rings. The molecule has 0 bridgehead atoms. The summed E-state index contributed by atoms with van der Waals surface area (Å²) in [4.78, 5) is 21.6. The summed E-state index contributed by atoms with van der Waals surface area (Å²) in [7, 11) is 0. The van der Waals surface area contributed by atoms with Crippen LogP contribution < -0.4 is 10.1 Å². The number of rotatable bonds is 9. The maximum atomic E-state index is 11.5. The van der Waals surface area contributed by atoms with Crippen molar-refractivity contribution in [3.63, 3.8) is 0 Å². The van der Waals surface area contributed by atoms with Gasteiger partial charge in [0.1, 0.15) is 17.9 Å². The number of hydrogen-bond acceptors (Lipinski definition) is 6. The summed E-state index contributed by atoms with van der Waals surface area (Å²) >= 11 is 1.86. The zero-order valence-electron chi connectivity index (χ0n) is 19.9. The minimum Gasteiger partial charge on any atom is -0.494 e. The summed E-state index contributed by atoms with van der Waals surface area (Å²) in [6.45, 7) is 9.11. The Balaban J connectivity index is 1.51. The first-order chi connectivity index (χ1) is 16.4. The second-order valence-corrected chi connectivity index (χ2v) is 9.52. The fraction of sp³-hybridized carbons (Fsp3) is 0.296. The minimum absolute atomic E-state index is 0.454. The largest absolute Gasteiger partial charge is 0.494 e. The highest BCUT2D eigenvalue weighted by atomic mass is 32.1. The first kappa shape index (κ1) is 23.7. The summed E-state index contributed by atoms with van der Waals surface area (Å²) in [5.74, 6) is -0.220. The van der Waals surface area contributed by atoms with Gasteiger partial charge in [0.25, 0.3) is 0 Å². The van der Waals surface area contributed by atoms with E-state index in [2.05, 4.69) is 47.3 Å². The maximum absolute atomic E-state index is 11.5. The molecule has 6 nitrogen and oxygen atoms in total. The number of carbonyl (C=O) groups is 1. The number of hydrogen-bond donors (Lipinski definition) is 2. The van der Waals surface area contributed by atoms with E-state index in [1.807, 2.05) is 36.5 Å². The molecule has 2 heterocycles. The molecule has 0 spiro atoms. The smallest absolute Gasteiger partial charge is 0.310 e. The average molecular weight is 476 g/mol. The van der Waals surface area contributed by atoms with Gasteiger partial charge >= 0.3 is 5.97 Å². The SMILES string of the molecule is CCOc1cc(-c2cc(NCCc3c(C)sc4c(C)cccc34)ncn2)ccc1[C@@H](C)C(=O)O. The van der Waals surface area contributed by atoms with Gasteiger partial charge in [0.05, 0.1) is 18.2 Å². The first-order valence-electron chi connectivity index (χ1n) is 11.4. The first-order valence-corrected chi connectivity index (χ1v) is 12.2. The van der Waals surface area contributed by atoms with Crippen LogP contribution in [0.15, 0.2) is 48.8 Å². The lowest BCUT2D eigenvalue weighted by atomic mass is 9.97. The number of nitrogens with one attached hydrogen (secondary N) is 1. The number of carboxylic acids is 1. The fourth-order valence-electron chi connectivity index (χ4n) is 4.13. The molecule has 0 aliphatic carbocycles. The lowest BCUT2D eigenvalue weighted by molar-refractivity contribution is -0.138. The van der Waals surface area contributed by atoms with Gasteiger partial charge in [-0.1, -0.05) is 30.3 Å². The fourth-order valence-corrected chi connectivity index (χ4v) is 5.30. The van der Waals surface area contributed by atoms with Crippen LogP contribution in [0.1, 0.15) is 41.3 Å². The Bertz CT molecular complexity index is 1330. The van der Waals surface area contributed by atoms with Crippen molar-refractivity contribution in [2.24, 2.45) is 0 Å². The quantitative estimate of drug-likeness (QED) is 0.299. The molecule has 0 radical (unpaired) electrons. The minimum atomic E-state index is -0.883. The van der Waals surface area contributed by atoms with Crippen LogP contribution in [0.2, 0.25) is 0 Å². The van der Waals surface area contributed by atoms with Crippen molar-refractivity contribution in [1.29, 1.82) is 0 Å². The van der Waals surface area contributed by atoms with Gasteiger partial charge in [-0.3, -0.25) is 4.79 Å². The third-order valence-corrected chi connectivity index (χ3v) is 7.31. The van der Waals surface area contributed by atoms with Crippen molar-refractivity contribution in [2.45, 2.75) is 40.0 Å². The number of aromatic nitrogens is 2. The van der Waals surface area contributed by atoms with Crippen molar-refractivity contribution in [2.75, 3.05) is 18.5 Å². The van der Waals surface area contributed by atoms with E-state index in [1.165, 1.54) is 26.1 Å². The number of thiophene rings is 1. The standard InChI is InChI=1S/C27H29N3O3S/c1-5-33-24-13-19(9-10-20(24)17(3)27(31)32)23-14-25(30-15-29-23)28-12-11-21-18(4)34-26-16(2)7-6-8-22(21)26/h6-10,13-15,17H,5,11-12H2,1-4H3,(H,31,32)(H,28,29,30)/t17-/m1/s1. The van der Waals surface area contributed by atoms with Crippen LogP contribution in [0.4, 0.5) is 5.82 Å². The topological polar surface area (TPSA) is 84.3 Å². The average Bonchev–Trinajstić information content (AvgIpc) is 3.15. The molecule has 4 rings (SSSR count). The Kier molecular flexibility index (Phi) is 7.12. The third-order valence-electron chi connectivity index (χ3n) is 6.01. The second-order valence-electron chi connectivity index (χ2n) is 8.30. The molecule has 34 heavy (non-hydrogen) atoms. The van der Waals surface area contributed by atoms with Crippen LogP contribution in [-0.4, -0.2) is 34.2 Å². The van der Waals surface area contributed by atoms with Gasteiger partial charge in [0.15, 0.2) is 0 Å². The zero-order chi connectivity index (χ0) is 24.2. The van der Waals surface area contributed by atoms with E-state index in [1.54, 1.807) is 19.3 Å². The highest BCUT2D eigenvalue weighted by Gasteiger charge is 2.19. The van der Waals surface area contributed by atoms with Crippen LogP contribution in [-0.2, 0) is 11.2 Å². The van der Waals surface area contributed by atoms with Crippen LogP contribution in [0.3, 0.4) is 0 Å². The molecule has 0 fully saturated rings. The number of carboxylic acid groups (broad SMARTS) is 1. The van der Waals surface area contributed by atoms with Crippen LogP contribution in [0.5, 0.6) is 5.75 Å². The number of aryl methyl sites for hydroxylation is 2. The van der Waals surface area contributed by atoms with Gasteiger partial charge in [-0.2, -0.15) is 0 Å². The van der Waals surface area contributed by atoms with E-state index < -0.39 is 11.9 Å². The van der Waals surface area contributed by atoms with Crippen molar-refractivity contribution < 1.29 is 14.6 Å². The highest BCUT2D eigenvalue weighted by molar-refractivity contribution is 7.19. The molecule has 7 heteroatoms. The van der Waals surface area contributed by atoms with Crippen molar-refractivity contribution >= 4 is 33.2 Å². The van der Waals surface area contributed by atoms with Crippen molar-refractivity contribution in [3.8, 4) is 17.0 Å². The Morgan fingerprint density at radius 2 is 2.00 bits per heavy atom. The van der Waals surface area contributed by atoms with Gasteiger partial charge in [0, 0.05) is 33.3 Å². The number of benzene rings is 2. The van der Waals surface area contributed by atoms with Gasteiger partial charge < -0.3 is 15.2 Å². The van der Waals surface area contributed by atoms with E-state index in [0.717, 1.165) is 30.0 Å². The Hall–Kier alpha value is -3.45. The van der Waals surface area contributed by atoms with Crippen molar-refractivity contribution in [1.82, 2.24) is 9.97 Å². The van der Waals surface area contributed by atoms with Gasteiger partial charge in [-0.25, -0.2) is 9.97 Å². The summed E-state index contributed by atoms with van der Waals surface area (Å²) in [6, 6.07) is 13.9. The molecule has 4 aromatic rings. The third kappa shape index (κ3) is 4.89. The van der Waals surface area contributed by atoms with E-state index in [0.29, 0.717) is 17.9 Å². The molecule has 0 aliphatic heterocycles. The highest BCUT2D eigenvalue weighted by Crippen LogP contribution is 2.34. The molecule has 2 aromatic heterocycles. The molecule has 2 aromatic carbocycles. The van der Waals surface area contributed by atoms with Gasteiger partial charge in [-0.15, -0.1) is 11.3 Å². The summed E-state index contributed by atoms with van der Waals surface area (Å²) in [5.41, 5.74) is 4.96. The maximum Gasteiger partial charge on any atom is 0.310 e. The lowest BCUT2D eigenvalue weighted by Crippen LogP contribution is -2.10. The van der Waals surface area contributed by atoms with E-state index in [4.69, 9.17) is 4.74 Å². The predicted molar refractivity (Wildman–Crippen MR) is 138 cm³/mol. The molecule has 0 amide bonds. The molecular formula is C27H29N3O3S. The van der Waals surface area contributed by atoms with E-state index in [9.17, 15) is 9.90 Å². The number of nitrogens with zero attached hydrogens (tertiary/aromatic N) is 2. The van der Waals surface area contributed by atoms with Crippen LogP contribution in [0.25, 0.3) is 21.3 Å². The monoisotopic (exact) mass is 475 g/mol.